The molecule has 6 heteroatoms. The molecule has 1 heterocycles. The van der Waals surface area contributed by atoms with E-state index in [2.05, 4.69) is 9.71 Å². The van der Waals surface area contributed by atoms with Gasteiger partial charge in [-0.05, 0) is 30.7 Å². The minimum Gasteiger partial charge on any atom is -0.497 e. The lowest BCUT2D eigenvalue weighted by atomic mass is 9.84. The number of rotatable bonds is 6. The molecule has 2 rings (SSSR count). The summed E-state index contributed by atoms with van der Waals surface area (Å²) in [5.41, 5.74) is 1.75. The molecule has 0 atom stereocenters. The van der Waals surface area contributed by atoms with Gasteiger partial charge in [0.1, 0.15) is 5.75 Å². The van der Waals surface area contributed by atoms with Crippen LogP contribution in [-0.2, 0) is 15.4 Å². The Labute approximate surface area is 125 Å². The molecule has 0 saturated heterocycles. The van der Waals surface area contributed by atoms with Crippen molar-refractivity contribution in [1.82, 2.24) is 9.71 Å². The van der Waals surface area contributed by atoms with E-state index in [4.69, 9.17) is 4.74 Å². The summed E-state index contributed by atoms with van der Waals surface area (Å²) in [5.74, 6) is 0.874. The summed E-state index contributed by atoms with van der Waals surface area (Å²) >= 11 is 0. The van der Waals surface area contributed by atoms with Crippen LogP contribution in [0.25, 0.3) is 10.9 Å². The summed E-state index contributed by atoms with van der Waals surface area (Å²) in [6, 6.07) is 5.83. The zero-order chi connectivity index (χ0) is 15.7. The van der Waals surface area contributed by atoms with Crippen LogP contribution >= 0.6 is 0 Å². The van der Waals surface area contributed by atoms with Crippen LogP contribution in [0.1, 0.15) is 26.3 Å². The van der Waals surface area contributed by atoms with Gasteiger partial charge in [0.2, 0.25) is 10.0 Å². The molecule has 2 aromatic rings. The van der Waals surface area contributed by atoms with Crippen LogP contribution in [0.2, 0.25) is 0 Å². The first-order valence-electron chi connectivity index (χ1n) is 6.92. The predicted molar refractivity (Wildman–Crippen MR) is 85.3 cm³/mol. The molecule has 0 aliphatic rings. The lowest BCUT2D eigenvalue weighted by Gasteiger charge is -2.24. The lowest BCUT2D eigenvalue weighted by Crippen LogP contribution is -2.37. The molecule has 5 nitrogen and oxygen atoms in total. The first-order chi connectivity index (χ1) is 9.79. The normalized spacial score (nSPS) is 12.8. The second kappa shape index (κ2) is 5.69. The van der Waals surface area contributed by atoms with Gasteiger partial charge in [0, 0.05) is 29.1 Å². The van der Waals surface area contributed by atoms with Gasteiger partial charge in [-0.15, -0.1) is 0 Å². The molecule has 0 radical (unpaired) electrons. The highest BCUT2D eigenvalue weighted by molar-refractivity contribution is 7.89. The number of aromatic nitrogens is 1. The number of methoxy groups -OCH3 is 1. The first kappa shape index (κ1) is 15.9. The Morgan fingerprint density at radius 3 is 2.67 bits per heavy atom. The molecule has 0 bridgehead atoms. The molecule has 0 spiro atoms. The minimum absolute atomic E-state index is 0.0881. The Morgan fingerprint density at radius 2 is 2.05 bits per heavy atom. The zero-order valence-electron chi connectivity index (χ0n) is 12.9. The van der Waals surface area contributed by atoms with Gasteiger partial charge in [-0.25, -0.2) is 13.1 Å². The Morgan fingerprint density at radius 1 is 1.33 bits per heavy atom. The van der Waals surface area contributed by atoms with E-state index in [0.29, 0.717) is 6.54 Å². The number of fused-ring (bicyclic) bond motifs is 1. The van der Waals surface area contributed by atoms with Crippen LogP contribution < -0.4 is 9.46 Å². The number of nitrogens with one attached hydrogen (secondary N) is 2. The van der Waals surface area contributed by atoms with E-state index >= 15 is 0 Å². The van der Waals surface area contributed by atoms with Gasteiger partial charge < -0.3 is 9.72 Å². The number of hydrogen-bond acceptors (Lipinski definition) is 3. The van der Waals surface area contributed by atoms with Crippen molar-refractivity contribution in [2.45, 2.75) is 26.2 Å². The van der Waals surface area contributed by atoms with Crippen LogP contribution in [0, 0.1) is 0 Å². The van der Waals surface area contributed by atoms with Crippen molar-refractivity contribution in [3.63, 3.8) is 0 Å². The van der Waals surface area contributed by atoms with Crippen molar-refractivity contribution in [2.24, 2.45) is 0 Å². The molecule has 0 amide bonds. The number of sulfonamides is 1. The molecule has 2 N–H and O–H groups in total. The van der Waals surface area contributed by atoms with E-state index in [1.807, 2.05) is 38.2 Å². The third kappa shape index (κ3) is 3.39. The van der Waals surface area contributed by atoms with Crippen molar-refractivity contribution in [3.8, 4) is 5.75 Å². The molecule has 116 valence electrons. The summed E-state index contributed by atoms with van der Waals surface area (Å²) in [4.78, 5) is 3.22. The van der Waals surface area contributed by atoms with Gasteiger partial charge in [-0.3, -0.25) is 0 Å². The SMILES string of the molecule is CCS(=O)(=O)NCC(C)(C)c1c[nH]c2ccc(OC)cc12. The largest absolute Gasteiger partial charge is 0.497 e. The van der Waals surface area contributed by atoms with E-state index in [0.717, 1.165) is 22.2 Å². The number of benzene rings is 1. The third-order valence-electron chi connectivity index (χ3n) is 3.73. The molecule has 1 aromatic carbocycles. The van der Waals surface area contributed by atoms with Crippen molar-refractivity contribution in [1.29, 1.82) is 0 Å². The minimum atomic E-state index is -3.19. The van der Waals surface area contributed by atoms with Crippen LogP contribution in [0.5, 0.6) is 5.75 Å². The monoisotopic (exact) mass is 310 g/mol. The van der Waals surface area contributed by atoms with Crippen LogP contribution in [-0.4, -0.2) is 32.8 Å². The molecule has 0 aliphatic carbocycles. The average Bonchev–Trinajstić information content (AvgIpc) is 2.89. The maximum atomic E-state index is 11.6. The summed E-state index contributed by atoms with van der Waals surface area (Å²) in [6.45, 7) is 6.03. The van der Waals surface area contributed by atoms with Crippen LogP contribution in [0.4, 0.5) is 0 Å². The van der Waals surface area contributed by atoms with E-state index in [1.54, 1.807) is 14.0 Å². The smallest absolute Gasteiger partial charge is 0.211 e. The molecule has 0 aliphatic heterocycles. The molecular formula is C15H22N2O3S. The molecule has 0 fully saturated rings. The Hall–Kier alpha value is -1.53. The Balaban J connectivity index is 2.35. The predicted octanol–water partition coefficient (Wildman–Crippen LogP) is 2.39. The van der Waals surface area contributed by atoms with E-state index in [1.165, 1.54) is 0 Å². The van der Waals surface area contributed by atoms with Gasteiger partial charge >= 0.3 is 0 Å². The van der Waals surface area contributed by atoms with Crippen molar-refractivity contribution in [2.75, 3.05) is 19.4 Å². The maximum Gasteiger partial charge on any atom is 0.211 e. The second-order valence-corrected chi connectivity index (χ2v) is 7.82. The summed E-state index contributed by atoms with van der Waals surface area (Å²) in [6.07, 6.45) is 1.93. The highest BCUT2D eigenvalue weighted by atomic mass is 32.2. The third-order valence-corrected chi connectivity index (χ3v) is 5.08. The molecular weight excluding hydrogens is 288 g/mol. The van der Waals surface area contributed by atoms with Gasteiger partial charge in [-0.1, -0.05) is 13.8 Å². The van der Waals surface area contributed by atoms with Crippen LogP contribution in [0.15, 0.2) is 24.4 Å². The fraction of sp³-hybridized carbons (Fsp3) is 0.467. The van der Waals surface area contributed by atoms with Gasteiger partial charge in [0.15, 0.2) is 0 Å². The van der Waals surface area contributed by atoms with Gasteiger partial charge in [0.05, 0.1) is 12.9 Å². The highest BCUT2D eigenvalue weighted by Crippen LogP contribution is 2.32. The molecule has 1 aromatic heterocycles. The average molecular weight is 310 g/mol. The molecule has 0 unspecified atom stereocenters. The molecule has 0 saturated carbocycles. The fourth-order valence-electron chi connectivity index (χ4n) is 2.27. The maximum absolute atomic E-state index is 11.6. The standard InChI is InChI=1S/C15H22N2O3S/c1-5-21(18,19)17-10-15(2,3)13-9-16-14-7-6-11(20-4)8-12(13)14/h6-9,16-17H,5,10H2,1-4H3. The Bertz CT molecular complexity index is 732. The van der Waals surface area contributed by atoms with Crippen LogP contribution in [0.3, 0.4) is 0 Å². The van der Waals surface area contributed by atoms with Gasteiger partial charge in [0.25, 0.3) is 0 Å². The fourth-order valence-corrected chi connectivity index (χ4v) is 3.06. The lowest BCUT2D eigenvalue weighted by molar-refractivity contribution is 0.415. The summed E-state index contributed by atoms with van der Waals surface area (Å²) in [7, 11) is -1.56. The number of hydrogen-bond donors (Lipinski definition) is 2. The zero-order valence-corrected chi connectivity index (χ0v) is 13.7. The number of aromatic amines is 1. The quantitative estimate of drug-likeness (QED) is 0.860. The van der Waals surface area contributed by atoms with Crippen molar-refractivity contribution < 1.29 is 13.2 Å². The number of H-pyrrole nitrogens is 1. The molecule has 21 heavy (non-hydrogen) atoms. The van der Waals surface area contributed by atoms with E-state index in [-0.39, 0.29) is 11.2 Å². The van der Waals surface area contributed by atoms with Crippen molar-refractivity contribution >= 4 is 20.9 Å². The summed E-state index contributed by atoms with van der Waals surface area (Å²) in [5, 5.41) is 1.05. The number of ether oxygens (including phenoxy) is 1. The van der Waals surface area contributed by atoms with E-state index < -0.39 is 10.0 Å². The second-order valence-electron chi connectivity index (χ2n) is 5.72. The first-order valence-corrected chi connectivity index (χ1v) is 8.57. The van der Waals surface area contributed by atoms with Gasteiger partial charge in [-0.2, -0.15) is 0 Å². The Kier molecular flexibility index (Phi) is 4.30. The van der Waals surface area contributed by atoms with Crippen molar-refractivity contribution in [3.05, 3.63) is 30.0 Å². The summed E-state index contributed by atoms with van der Waals surface area (Å²) < 4.78 is 31.2. The topological polar surface area (TPSA) is 71.2 Å². The highest BCUT2D eigenvalue weighted by Gasteiger charge is 2.25. The van der Waals surface area contributed by atoms with E-state index in [9.17, 15) is 8.42 Å².